The number of para-hydroxylation sites is 1. The summed E-state index contributed by atoms with van der Waals surface area (Å²) < 4.78 is 6.81. The number of rotatable bonds is 7. The van der Waals surface area contributed by atoms with Crippen molar-refractivity contribution in [2.24, 2.45) is 0 Å². The van der Waals surface area contributed by atoms with E-state index in [0.717, 1.165) is 5.56 Å². The van der Waals surface area contributed by atoms with Crippen molar-refractivity contribution >= 4 is 5.91 Å². The maximum absolute atomic E-state index is 11.7. The molecule has 0 fully saturated rings. The molecule has 0 aliphatic rings. The standard InChI is InChI=1S/C17H20N2O4/c1-13-6-2-3-7-15(13)23-12-16(21)18-10-14(20)11-19-9-5-4-8-17(19)22/h2-9,14,20H,10-12H2,1H3,(H,18,21). The van der Waals surface area contributed by atoms with Crippen LogP contribution in [-0.2, 0) is 11.3 Å². The molecule has 0 aliphatic carbocycles. The van der Waals surface area contributed by atoms with Gasteiger partial charge < -0.3 is 19.7 Å². The van der Waals surface area contributed by atoms with Gasteiger partial charge in [0.1, 0.15) is 5.75 Å². The minimum atomic E-state index is -0.850. The summed E-state index contributed by atoms with van der Waals surface area (Å²) in [7, 11) is 0. The van der Waals surface area contributed by atoms with E-state index in [-0.39, 0.29) is 31.2 Å². The highest BCUT2D eigenvalue weighted by atomic mass is 16.5. The number of aryl methyl sites for hydroxylation is 1. The number of ether oxygens (including phenoxy) is 1. The third-order valence-corrected chi connectivity index (χ3v) is 3.29. The van der Waals surface area contributed by atoms with Gasteiger partial charge in [-0.25, -0.2) is 0 Å². The molecule has 2 aromatic rings. The zero-order valence-electron chi connectivity index (χ0n) is 12.9. The Bertz CT molecular complexity index is 711. The molecule has 1 aromatic heterocycles. The van der Waals surface area contributed by atoms with Crippen LogP contribution in [0.2, 0.25) is 0 Å². The van der Waals surface area contributed by atoms with Gasteiger partial charge in [-0.3, -0.25) is 9.59 Å². The molecule has 23 heavy (non-hydrogen) atoms. The second-order valence-electron chi connectivity index (χ2n) is 5.20. The molecule has 0 bridgehead atoms. The van der Waals surface area contributed by atoms with Crippen LogP contribution < -0.4 is 15.6 Å². The fourth-order valence-corrected chi connectivity index (χ4v) is 2.05. The zero-order chi connectivity index (χ0) is 16.7. The summed E-state index contributed by atoms with van der Waals surface area (Å²) in [6, 6.07) is 12.2. The molecule has 0 aliphatic heterocycles. The predicted molar refractivity (Wildman–Crippen MR) is 86.4 cm³/mol. The van der Waals surface area contributed by atoms with Crippen molar-refractivity contribution in [1.29, 1.82) is 0 Å². The number of amides is 1. The molecule has 122 valence electrons. The van der Waals surface area contributed by atoms with Gasteiger partial charge in [-0.05, 0) is 24.6 Å². The van der Waals surface area contributed by atoms with E-state index in [4.69, 9.17) is 4.74 Å². The van der Waals surface area contributed by atoms with Crippen LogP contribution in [0.5, 0.6) is 5.75 Å². The average Bonchev–Trinajstić information content (AvgIpc) is 2.54. The Morgan fingerprint density at radius 2 is 2.00 bits per heavy atom. The van der Waals surface area contributed by atoms with Crippen LogP contribution in [-0.4, -0.2) is 34.8 Å². The van der Waals surface area contributed by atoms with E-state index in [1.165, 1.54) is 10.6 Å². The first kappa shape index (κ1) is 16.8. The van der Waals surface area contributed by atoms with E-state index >= 15 is 0 Å². The number of hydrogen-bond donors (Lipinski definition) is 2. The fraction of sp³-hybridized carbons (Fsp3) is 0.294. The monoisotopic (exact) mass is 316 g/mol. The third-order valence-electron chi connectivity index (χ3n) is 3.29. The Balaban J connectivity index is 1.75. The smallest absolute Gasteiger partial charge is 0.258 e. The molecule has 1 aromatic carbocycles. The van der Waals surface area contributed by atoms with Crippen LogP contribution in [0.1, 0.15) is 5.56 Å². The summed E-state index contributed by atoms with van der Waals surface area (Å²) in [4.78, 5) is 23.3. The largest absolute Gasteiger partial charge is 0.484 e. The van der Waals surface area contributed by atoms with Crippen LogP contribution in [0.4, 0.5) is 0 Å². The molecule has 0 radical (unpaired) electrons. The molecule has 0 saturated carbocycles. The first-order valence-corrected chi connectivity index (χ1v) is 7.35. The van der Waals surface area contributed by atoms with Crippen LogP contribution in [0.3, 0.4) is 0 Å². The maximum atomic E-state index is 11.7. The van der Waals surface area contributed by atoms with E-state index in [2.05, 4.69) is 5.32 Å². The molecule has 1 atom stereocenters. The summed E-state index contributed by atoms with van der Waals surface area (Å²) in [5, 5.41) is 12.5. The highest BCUT2D eigenvalue weighted by Gasteiger charge is 2.09. The van der Waals surface area contributed by atoms with Gasteiger partial charge in [-0.2, -0.15) is 0 Å². The Morgan fingerprint density at radius 1 is 1.26 bits per heavy atom. The Labute approximate surface area is 134 Å². The summed E-state index contributed by atoms with van der Waals surface area (Å²) in [5.74, 6) is 0.326. The lowest BCUT2D eigenvalue weighted by atomic mass is 10.2. The maximum Gasteiger partial charge on any atom is 0.258 e. The van der Waals surface area contributed by atoms with E-state index < -0.39 is 6.10 Å². The zero-order valence-corrected chi connectivity index (χ0v) is 12.9. The Kier molecular flexibility index (Phi) is 5.94. The third kappa shape index (κ3) is 5.27. The predicted octanol–water partition coefficient (Wildman–Crippen LogP) is 0.713. The topological polar surface area (TPSA) is 80.6 Å². The van der Waals surface area contributed by atoms with Crippen LogP contribution in [0, 0.1) is 6.92 Å². The molecule has 2 rings (SSSR count). The Morgan fingerprint density at radius 3 is 2.74 bits per heavy atom. The molecule has 0 spiro atoms. The highest BCUT2D eigenvalue weighted by molar-refractivity contribution is 5.77. The number of nitrogens with one attached hydrogen (secondary N) is 1. The molecule has 1 amide bonds. The van der Waals surface area contributed by atoms with Crippen LogP contribution in [0.15, 0.2) is 53.5 Å². The summed E-state index contributed by atoms with van der Waals surface area (Å²) in [6.45, 7) is 1.95. The van der Waals surface area contributed by atoms with Gasteiger partial charge in [0.25, 0.3) is 11.5 Å². The molecule has 1 unspecified atom stereocenters. The molecule has 0 saturated heterocycles. The molecule has 2 N–H and O–H groups in total. The van der Waals surface area contributed by atoms with Gasteiger partial charge in [0, 0.05) is 18.8 Å². The van der Waals surface area contributed by atoms with Crippen LogP contribution >= 0.6 is 0 Å². The minimum Gasteiger partial charge on any atom is -0.484 e. The second-order valence-corrected chi connectivity index (χ2v) is 5.20. The van der Waals surface area contributed by atoms with Gasteiger partial charge in [-0.1, -0.05) is 24.3 Å². The van der Waals surface area contributed by atoms with Gasteiger partial charge in [0.05, 0.1) is 12.6 Å². The van der Waals surface area contributed by atoms with Crippen molar-refractivity contribution in [3.8, 4) is 5.75 Å². The number of carbonyl (C=O) groups excluding carboxylic acids is 1. The Hall–Kier alpha value is -2.60. The lowest BCUT2D eigenvalue weighted by Crippen LogP contribution is -2.38. The number of aliphatic hydroxyl groups excluding tert-OH is 1. The van der Waals surface area contributed by atoms with E-state index in [1.54, 1.807) is 24.4 Å². The minimum absolute atomic E-state index is 0.0529. The number of pyridine rings is 1. The summed E-state index contributed by atoms with van der Waals surface area (Å²) in [6.07, 6.45) is 0.742. The molecule has 1 heterocycles. The summed E-state index contributed by atoms with van der Waals surface area (Å²) >= 11 is 0. The van der Waals surface area contributed by atoms with Crippen molar-refractivity contribution in [3.63, 3.8) is 0 Å². The number of hydrogen-bond acceptors (Lipinski definition) is 4. The fourth-order valence-electron chi connectivity index (χ4n) is 2.05. The van der Waals surface area contributed by atoms with E-state index in [0.29, 0.717) is 5.75 Å². The average molecular weight is 316 g/mol. The van der Waals surface area contributed by atoms with Gasteiger partial charge in [-0.15, -0.1) is 0 Å². The molecular formula is C17H20N2O4. The lowest BCUT2D eigenvalue weighted by Gasteiger charge is -2.14. The lowest BCUT2D eigenvalue weighted by molar-refractivity contribution is -0.123. The number of aliphatic hydroxyl groups is 1. The van der Waals surface area contributed by atoms with Gasteiger partial charge >= 0.3 is 0 Å². The SMILES string of the molecule is Cc1ccccc1OCC(=O)NCC(O)Cn1ccccc1=O. The summed E-state index contributed by atoms with van der Waals surface area (Å²) in [5.41, 5.74) is 0.754. The number of carbonyl (C=O) groups is 1. The van der Waals surface area contributed by atoms with Crippen molar-refractivity contribution in [1.82, 2.24) is 9.88 Å². The van der Waals surface area contributed by atoms with E-state index in [1.807, 2.05) is 25.1 Å². The van der Waals surface area contributed by atoms with Gasteiger partial charge in [0.15, 0.2) is 6.61 Å². The van der Waals surface area contributed by atoms with Crippen molar-refractivity contribution in [2.45, 2.75) is 19.6 Å². The normalized spacial score (nSPS) is 11.7. The molecule has 6 nitrogen and oxygen atoms in total. The number of nitrogens with zero attached hydrogens (tertiary/aromatic N) is 1. The van der Waals surface area contributed by atoms with Crippen molar-refractivity contribution < 1.29 is 14.6 Å². The second kappa shape index (κ2) is 8.14. The molecular weight excluding hydrogens is 296 g/mol. The number of benzene rings is 1. The number of aromatic nitrogens is 1. The molecule has 6 heteroatoms. The van der Waals surface area contributed by atoms with Crippen molar-refractivity contribution in [2.75, 3.05) is 13.2 Å². The van der Waals surface area contributed by atoms with E-state index in [9.17, 15) is 14.7 Å². The first-order chi connectivity index (χ1) is 11.1. The quantitative estimate of drug-likeness (QED) is 0.788. The first-order valence-electron chi connectivity index (χ1n) is 7.35. The highest BCUT2D eigenvalue weighted by Crippen LogP contribution is 2.15. The van der Waals surface area contributed by atoms with Crippen molar-refractivity contribution in [3.05, 3.63) is 64.6 Å². The van der Waals surface area contributed by atoms with Crippen LogP contribution in [0.25, 0.3) is 0 Å². The van der Waals surface area contributed by atoms with Gasteiger partial charge in [0.2, 0.25) is 0 Å².